The lowest BCUT2D eigenvalue weighted by Gasteiger charge is -2.20. The minimum Gasteiger partial charge on any atom is -0.468 e. The molecule has 0 saturated carbocycles. The van der Waals surface area contributed by atoms with Crippen molar-refractivity contribution in [2.45, 2.75) is 38.8 Å². The zero-order chi connectivity index (χ0) is 15.3. The molecule has 0 saturated heterocycles. The van der Waals surface area contributed by atoms with Crippen LogP contribution in [0.1, 0.15) is 25.6 Å². The Kier molecular flexibility index (Phi) is 5.20. The number of aromatic nitrogens is 2. The van der Waals surface area contributed by atoms with Crippen molar-refractivity contribution < 1.29 is 18.4 Å². The van der Waals surface area contributed by atoms with E-state index in [0.29, 0.717) is 0 Å². The Morgan fingerprint density at radius 2 is 2.30 bits per heavy atom. The Bertz CT molecular complexity index is 559. The monoisotopic (exact) mass is 287 g/mol. The highest BCUT2D eigenvalue weighted by atomic mass is 19.1. The van der Waals surface area contributed by atoms with E-state index in [1.54, 1.807) is 0 Å². The fourth-order valence-corrected chi connectivity index (χ4v) is 1.59. The number of carbonyl (C=O) groups excluding carboxylic acids is 1. The van der Waals surface area contributed by atoms with Crippen LogP contribution in [-0.4, -0.2) is 28.3 Å². The summed E-state index contributed by atoms with van der Waals surface area (Å²) in [4.78, 5) is 22.5. The van der Waals surface area contributed by atoms with Crippen LogP contribution in [0.4, 0.5) is 4.39 Å². The maximum Gasteiger partial charge on any atom is 0.441 e. The number of rotatable bonds is 6. The number of methoxy groups -OCH3 is 1. The summed E-state index contributed by atoms with van der Waals surface area (Å²) in [5, 5.41) is 3.42. The van der Waals surface area contributed by atoms with E-state index in [9.17, 15) is 14.0 Å². The van der Waals surface area contributed by atoms with Crippen molar-refractivity contribution in [3.63, 3.8) is 0 Å². The Morgan fingerprint density at radius 1 is 1.65 bits per heavy atom. The van der Waals surface area contributed by atoms with Crippen molar-refractivity contribution in [1.82, 2.24) is 9.72 Å². The molecule has 1 heterocycles. The van der Waals surface area contributed by atoms with Crippen molar-refractivity contribution in [1.29, 1.82) is 0 Å². The zero-order valence-corrected chi connectivity index (χ0v) is 11.7. The lowest BCUT2D eigenvalue weighted by atomic mass is 9.97. The summed E-state index contributed by atoms with van der Waals surface area (Å²) in [5.41, 5.74) is 4.56. The molecule has 2 N–H and O–H groups in total. The lowest BCUT2D eigenvalue weighted by molar-refractivity contribution is -0.146. The molecular weight excluding hydrogens is 269 g/mol. The van der Waals surface area contributed by atoms with E-state index in [-0.39, 0.29) is 25.2 Å². The van der Waals surface area contributed by atoms with Gasteiger partial charge in [0.05, 0.1) is 13.7 Å². The number of allylic oxidation sites excluding steroid dienone is 2. The first-order valence-electron chi connectivity index (χ1n) is 6.03. The predicted molar refractivity (Wildman–Crippen MR) is 68.5 cm³/mol. The molecule has 0 fully saturated rings. The Labute approximate surface area is 115 Å². The van der Waals surface area contributed by atoms with Crippen molar-refractivity contribution in [2.24, 2.45) is 5.73 Å². The highest BCUT2D eigenvalue weighted by Gasteiger charge is 2.28. The molecule has 0 aromatic carbocycles. The number of nitrogens with two attached hydrogens (primary N) is 1. The Hall–Kier alpha value is -1.96. The number of hydrogen-bond donors (Lipinski definition) is 1. The molecule has 1 atom stereocenters. The molecule has 1 rings (SSSR count). The van der Waals surface area contributed by atoms with Gasteiger partial charge in [-0.05, 0) is 26.7 Å². The molecule has 0 aliphatic carbocycles. The highest BCUT2D eigenvalue weighted by Crippen LogP contribution is 2.13. The molecule has 0 aliphatic heterocycles. The van der Waals surface area contributed by atoms with Crippen molar-refractivity contribution in [2.75, 3.05) is 7.11 Å². The molecule has 1 aromatic rings. The largest absolute Gasteiger partial charge is 0.468 e. The van der Waals surface area contributed by atoms with Gasteiger partial charge in [-0.1, -0.05) is 11.2 Å². The number of nitrogens with zero attached hydrogens (tertiary/aromatic N) is 2. The van der Waals surface area contributed by atoms with Crippen LogP contribution < -0.4 is 11.5 Å². The number of carbonyl (C=O) groups is 1. The molecule has 0 amide bonds. The Balaban J connectivity index is 2.59. The smallest absolute Gasteiger partial charge is 0.441 e. The fraction of sp³-hybridized carbons (Fsp3) is 0.583. The predicted octanol–water partition coefficient (Wildman–Crippen LogP) is 0.669. The summed E-state index contributed by atoms with van der Waals surface area (Å²) in [6.45, 7) is 2.79. The summed E-state index contributed by atoms with van der Waals surface area (Å²) in [6.07, 6.45) is 1.74. The third-order valence-corrected chi connectivity index (χ3v) is 2.86. The van der Waals surface area contributed by atoms with E-state index in [0.717, 1.165) is 4.57 Å². The highest BCUT2D eigenvalue weighted by molar-refractivity contribution is 5.79. The third-order valence-electron chi connectivity index (χ3n) is 2.86. The number of hydrogen-bond acceptors (Lipinski definition) is 6. The molecule has 0 spiro atoms. The summed E-state index contributed by atoms with van der Waals surface area (Å²) in [7, 11) is 1.24. The normalized spacial score (nSPS) is 14.9. The third kappa shape index (κ3) is 4.02. The van der Waals surface area contributed by atoms with Crippen LogP contribution in [0.25, 0.3) is 0 Å². The molecular formula is C12H18FN3O4. The van der Waals surface area contributed by atoms with Crippen LogP contribution in [-0.2, 0) is 16.1 Å². The van der Waals surface area contributed by atoms with Gasteiger partial charge in [0, 0.05) is 0 Å². The van der Waals surface area contributed by atoms with Crippen LogP contribution in [0.2, 0.25) is 0 Å². The fourth-order valence-electron chi connectivity index (χ4n) is 1.59. The van der Waals surface area contributed by atoms with E-state index in [1.165, 1.54) is 27.0 Å². The standard InChI is InChI=1S/C12H18FN3O4/c1-8-15-20-11(18)16(8)7-9(13)5-4-6-12(2,14)10(17)19-3/h5H,4,6-7,14H2,1-3H3/t12-/m1/s1. The molecule has 20 heavy (non-hydrogen) atoms. The summed E-state index contributed by atoms with van der Waals surface area (Å²) in [6, 6.07) is 0. The molecule has 8 heteroatoms. The van der Waals surface area contributed by atoms with Gasteiger partial charge in [-0.3, -0.25) is 13.9 Å². The first-order chi connectivity index (χ1) is 9.27. The van der Waals surface area contributed by atoms with Gasteiger partial charge in [-0.2, -0.15) is 0 Å². The second kappa shape index (κ2) is 6.47. The van der Waals surface area contributed by atoms with Gasteiger partial charge in [-0.25, -0.2) is 9.18 Å². The summed E-state index contributed by atoms with van der Waals surface area (Å²) < 4.78 is 23.7. The molecule has 7 nitrogen and oxygen atoms in total. The minimum absolute atomic E-state index is 0.227. The SMILES string of the molecule is COC(=O)[C@](C)(N)CCC=C(F)Cn1c(C)noc1=O. The van der Waals surface area contributed by atoms with Gasteiger partial charge in [0.25, 0.3) is 0 Å². The topological polar surface area (TPSA) is 100 Å². The maximum absolute atomic E-state index is 13.7. The first kappa shape index (κ1) is 16.1. The van der Waals surface area contributed by atoms with Gasteiger partial charge in [0.1, 0.15) is 11.4 Å². The van der Waals surface area contributed by atoms with E-state index < -0.39 is 23.1 Å². The Morgan fingerprint density at radius 3 is 2.80 bits per heavy atom. The minimum atomic E-state index is -1.17. The first-order valence-corrected chi connectivity index (χ1v) is 6.03. The number of esters is 1. The number of halogens is 1. The van der Waals surface area contributed by atoms with E-state index in [4.69, 9.17) is 5.73 Å². The van der Waals surface area contributed by atoms with Crippen molar-refractivity contribution >= 4 is 5.97 Å². The van der Waals surface area contributed by atoms with Gasteiger partial charge in [0.15, 0.2) is 5.82 Å². The van der Waals surface area contributed by atoms with Crippen LogP contribution in [0.5, 0.6) is 0 Å². The van der Waals surface area contributed by atoms with Crippen LogP contribution in [0, 0.1) is 6.92 Å². The van der Waals surface area contributed by atoms with E-state index in [1.807, 2.05) is 0 Å². The van der Waals surface area contributed by atoms with Crippen LogP contribution in [0.15, 0.2) is 21.2 Å². The number of aryl methyl sites for hydroxylation is 1. The molecule has 0 unspecified atom stereocenters. The van der Waals surface area contributed by atoms with Gasteiger partial charge in [-0.15, -0.1) is 0 Å². The molecule has 0 radical (unpaired) electrons. The quantitative estimate of drug-likeness (QED) is 0.772. The van der Waals surface area contributed by atoms with Gasteiger partial charge >= 0.3 is 11.7 Å². The van der Waals surface area contributed by atoms with Crippen LogP contribution >= 0.6 is 0 Å². The average molecular weight is 287 g/mol. The van der Waals surface area contributed by atoms with Crippen molar-refractivity contribution in [3.8, 4) is 0 Å². The molecule has 0 aliphatic rings. The van der Waals surface area contributed by atoms with E-state index in [2.05, 4.69) is 14.4 Å². The maximum atomic E-state index is 13.7. The summed E-state index contributed by atoms with van der Waals surface area (Å²) in [5.74, 6) is -1.52. The second-order valence-corrected chi connectivity index (χ2v) is 4.68. The zero-order valence-electron chi connectivity index (χ0n) is 11.7. The second-order valence-electron chi connectivity index (χ2n) is 4.68. The van der Waals surface area contributed by atoms with Gasteiger partial charge < -0.3 is 10.5 Å². The van der Waals surface area contributed by atoms with Crippen molar-refractivity contribution in [3.05, 3.63) is 28.3 Å². The van der Waals surface area contributed by atoms with Crippen LogP contribution in [0.3, 0.4) is 0 Å². The molecule has 112 valence electrons. The summed E-state index contributed by atoms with van der Waals surface area (Å²) >= 11 is 0. The number of ether oxygens (including phenoxy) is 1. The lowest BCUT2D eigenvalue weighted by Crippen LogP contribution is -2.45. The van der Waals surface area contributed by atoms with Gasteiger partial charge in [0.2, 0.25) is 0 Å². The van der Waals surface area contributed by atoms with E-state index >= 15 is 0 Å². The molecule has 1 aromatic heterocycles. The average Bonchev–Trinajstić information content (AvgIpc) is 2.69. The molecule has 0 bridgehead atoms.